The number of nitrogens with zero attached hydrogens (tertiary/aromatic N) is 3. The van der Waals surface area contributed by atoms with Gasteiger partial charge in [0.25, 0.3) is 0 Å². The third kappa shape index (κ3) is 4.72. The number of hydrogen-bond donors (Lipinski definition) is 2. The number of likely N-dealkylation sites (tertiary alicyclic amines) is 1. The maximum Gasteiger partial charge on any atom is 0.327 e. The number of anilines is 2. The number of thioether (sulfide) groups is 1. The Kier molecular flexibility index (Phi) is 6.71. The maximum atomic E-state index is 13.5. The summed E-state index contributed by atoms with van der Waals surface area (Å²) in [7, 11) is 2.10. The Morgan fingerprint density at radius 1 is 1.11 bits per heavy atom. The monoisotopic (exact) mass is 529 g/mol. The Hall–Kier alpha value is -3.56. The van der Waals surface area contributed by atoms with Crippen LogP contribution in [0.1, 0.15) is 36.4 Å². The first kappa shape index (κ1) is 24.8. The van der Waals surface area contributed by atoms with Crippen molar-refractivity contribution in [1.29, 1.82) is 0 Å². The second-order valence-electron chi connectivity index (χ2n) is 10.2. The molecular formula is C29H31N5O3S. The molecule has 1 aromatic heterocycles. The number of rotatable bonds is 5. The lowest BCUT2D eigenvalue weighted by atomic mass is 9.99. The van der Waals surface area contributed by atoms with Gasteiger partial charge in [0.05, 0.1) is 17.4 Å². The lowest BCUT2D eigenvalue weighted by molar-refractivity contribution is -0.121. The molecule has 3 unspecified atom stereocenters. The highest BCUT2D eigenvalue weighted by Gasteiger charge is 2.47. The van der Waals surface area contributed by atoms with Crippen molar-refractivity contribution in [2.24, 2.45) is 0 Å². The molecule has 196 valence electrons. The first-order valence-corrected chi connectivity index (χ1v) is 13.9. The predicted octanol–water partition coefficient (Wildman–Crippen LogP) is 5.16. The van der Waals surface area contributed by atoms with Gasteiger partial charge in [-0.2, -0.15) is 0 Å². The Labute approximate surface area is 226 Å². The SMILES string of the molecule is Cc1cc(Oc2ccccc2)ccc1N1C(=O)NC2c3c1ccnc3SC2C(=O)NC1CCCCN(C)C1. The van der Waals surface area contributed by atoms with Gasteiger partial charge in [0.15, 0.2) is 0 Å². The minimum absolute atomic E-state index is 0.0448. The van der Waals surface area contributed by atoms with Crippen LogP contribution >= 0.6 is 11.8 Å². The number of benzene rings is 2. The molecule has 38 heavy (non-hydrogen) atoms. The summed E-state index contributed by atoms with van der Waals surface area (Å²) >= 11 is 1.43. The molecule has 0 spiro atoms. The van der Waals surface area contributed by atoms with Crippen LogP contribution in [-0.4, -0.2) is 53.3 Å². The van der Waals surface area contributed by atoms with Gasteiger partial charge in [-0.1, -0.05) is 36.4 Å². The van der Waals surface area contributed by atoms with Crippen LogP contribution in [0.5, 0.6) is 11.5 Å². The van der Waals surface area contributed by atoms with E-state index in [0.29, 0.717) is 5.75 Å². The van der Waals surface area contributed by atoms with Gasteiger partial charge in [-0.25, -0.2) is 9.78 Å². The summed E-state index contributed by atoms with van der Waals surface area (Å²) in [5, 5.41) is 6.71. The Morgan fingerprint density at radius 3 is 2.76 bits per heavy atom. The van der Waals surface area contributed by atoms with Crippen molar-refractivity contribution in [3.8, 4) is 11.5 Å². The highest BCUT2D eigenvalue weighted by atomic mass is 32.2. The zero-order valence-electron chi connectivity index (χ0n) is 21.5. The number of pyridine rings is 1. The molecule has 4 heterocycles. The summed E-state index contributed by atoms with van der Waals surface area (Å²) in [5.41, 5.74) is 3.32. The molecule has 3 aliphatic heterocycles. The number of aryl methyl sites for hydroxylation is 1. The number of para-hydroxylation sites is 1. The van der Waals surface area contributed by atoms with Gasteiger partial charge in [-0.05, 0) is 75.3 Å². The molecule has 1 saturated heterocycles. The van der Waals surface area contributed by atoms with Gasteiger partial charge < -0.3 is 20.3 Å². The van der Waals surface area contributed by atoms with Gasteiger partial charge in [0, 0.05) is 24.3 Å². The second-order valence-corrected chi connectivity index (χ2v) is 11.3. The first-order chi connectivity index (χ1) is 18.5. The third-order valence-corrected chi connectivity index (χ3v) is 8.66. The molecule has 0 aliphatic carbocycles. The molecule has 3 amide bonds. The molecule has 9 heteroatoms. The molecule has 0 bridgehead atoms. The lowest BCUT2D eigenvalue weighted by Crippen LogP contribution is -2.51. The lowest BCUT2D eigenvalue weighted by Gasteiger charge is -2.35. The Bertz CT molecular complexity index is 1370. The molecule has 8 nitrogen and oxygen atoms in total. The molecule has 1 fully saturated rings. The zero-order valence-corrected chi connectivity index (χ0v) is 22.3. The molecule has 2 N–H and O–H groups in total. The molecule has 0 saturated carbocycles. The number of aromatic nitrogens is 1. The van der Waals surface area contributed by atoms with Crippen molar-refractivity contribution >= 4 is 35.1 Å². The van der Waals surface area contributed by atoms with Crippen LogP contribution in [0.2, 0.25) is 0 Å². The van der Waals surface area contributed by atoms with E-state index in [0.717, 1.165) is 65.6 Å². The summed E-state index contributed by atoms with van der Waals surface area (Å²) in [6.45, 7) is 3.85. The van der Waals surface area contributed by atoms with Gasteiger partial charge in [-0.15, -0.1) is 0 Å². The number of nitrogens with one attached hydrogen (secondary N) is 2. The highest BCUT2D eigenvalue weighted by Crippen LogP contribution is 2.51. The van der Waals surface area contributed by atoms with E-state index in [1.165, 1.54) is 11.8 Å². The molecule has 3 atom stereocenters. The van der Waals surface area contributed by atoms with Crippen LogP contribution in [0.4, 0.5) is 16.2 Å². The minimum Gasteiger partial charge on any atom is -0.457 e. The third-order valence-electron chi connectivity index (χ3n) is 7.37. The van der Waals surface area contributed by atoms with Gasteiger partial charge in [0.1, 0.15) is 21.8 Å². The summed E-state index contributed by atoms with van der Waals surface area (Å²) in [6, 6.07) is 16.6. The second kappa shape index (κ2) is 10.3. The number of carbonyl (C=O) groups is 2. The summed E-state index contributed by atoms with van der Waals surface area (Å²) < 4.78 is 5.98. The van der Waals surface area contributed by atoms with Crippen molar-refractivity contribution in [3.05, 3.63) is 71.9 Å². The number of ether oxygens (including phenoxy) is 1. The average molecular weight is 530 g/mol. The summed E-state index contributed by atoms with van der Waals surface area (Å²) in [6.07, 6.45) is 4.93. The van der Waals surface area contributed by atoms with Crippen LogP contribution in [0.15, 0.2) is 65.8 Å². The predicted molar refractivity (Wildman–Crippen MR) is 148 cm³/mol. The van der Waals surface area contributed by atoms with E-state index < -0.39 is 11.3 Å². The number of hydrogen-bond acceptors (Lipinski definition) is 6. The standard InChI is InChI=1S/C29H31N5O3S/c1-18-16-21(37-20-9-4-3-5-10-20)11-12-22(18)34-23-13-14-30-28-24(23)25(32-29(34)36)26(38-28)27(35)31-19-8-6-7-15-33(2)17-19/h3-5,9-14,16,19,25-26H,6-8,15,17H2,1-2H3,(H,31,35)(H,32,36). The van der Waals surface area contributed by atoms with Crippen LogP contribution < -0.4 is 20.3 Å². The van der Waals surface area contributed by atoms with Gasteiger partial charge in [-0.3, -0.25) is 9.69 Å². The van der Waals surface area contributed by atoms with E-state index in [2.05, 4.69) is 27.6 Å². The largest absolute Gasteiger partial charge is 0.457 e. The van der Waals surface area contributed by atoms with Crippen molar-refractivity contribution < 1.29 is 14.3 Å². The molecule has 2 aromatic carbocycles. The first-order valence-electron chi connectivity index (χ1n) is 13.1. The Morgan fingerprint density at radius 2 is 1.95 bits per heavy atom. The van der Waals surface area contributed by atoms with Crippen LogP contribution in [0, 0.1) is 6.92 Å². The van der Waals surface area contributed by atoms with E-state index in [1.54, 1.807) is 11.1 Å². The van der Waals surface area contributed by atoms with E-state index in [4.69, 9.17) is 4.74 Å². The molecule has 3 aliphatic rings. The van der Waals surface area contributed by atoms with Gasteiger partial charge >= 0.3 is 6.03 Å². The van der Waals surface area contributed by atoms with E-state index in [9.17, 15) is 9.59 Å². The normalized spacial score (nSPS) is 22.8. The van der Waals surface area contributed by atoms with Crippen molar-refractivity contribution in [1.82, 2.24) is 20.5 Å². The molecular weight excluding hydrogens is 498 g/mol. The van der Waals surface area contributed by atoms with Gasteiger partial charge in [0.2, 0.25) is 5.91 Å². The fourth-order valence-corrected chi connectivity index (χ4v) is 6.80. The number of amides is 3. The fourth-order valence-electron chi connectivity index (χ4n) is 5.56. The minimum atomic E-state index is -0.457. The average Bonchev–Trinajstić information content (AvgIpc) is 3.15. The molecule has 6 rings (SSSR count). The van der Waals surface area contributed by atoms with Crippen molar-refractivity contribution in [2.75, 3.05) is 25.0 Å². The van der Waals surface area contributed by atoms with E-state index >= 15 is 0 Å². The highest BCUT2D eigenvalue weighted by molar-refractivity contribution is 8.01. The molecule has 3 aromatic rings. The van der Waals surface area contributed by atoms with E-state index in [-0.39, 0.29) is 18.0 Å². The fraction of sp³-hybridized carbons (Fsp3) is 0.345. The smallest absolute Gasteiger partial charge is 0.327 e. The number of urea groups is 1. The van der Waals surface area contributed by atoms with Crippen LogP contribution in [0.25, 0.3) is 0 Å². The summed E-state index contributed by atoms with van der Waals surface area (Å²) in [5.74, 6) is 1.41. The topological polar surface area (TPSA) is 86.8 Å². The number of likely N-dealkylation sites (N-methyl/N-ethyl adjacent to an activating group) is 1. The van der Waals surface area contributed by atoms with Crippen LogP contribution in [-0.2, 0) is 4.79 Å². The van der Waals surface area contributed by atoms with Crippen LogP contribution in [0.3, 0.4) is 0 Å². The molecule has 0 radical (unpaired) electrons. The maximum absolute atomic E-state index is 13.5. The van der Waals surface area contributed by atoms with Crippen molar-refractivity contribution in [3.63, 3.8) is 0 Å². The quantitative estimate of drug-likeness (QED) is 0.475. The zero-order chi connectivity index (χ0) is 26.2. The van der Waals surface area contributed by atoms with Crippen molar-refractivity contribution in [2.45, 2.75) is 48.5 Å². The number of carbonyl (C=O) groups excluding carboxylic acids is 2. The summed E-state index contributed by atoms with van der Waals surface area (Å²) in [4.78, 5) is 35.5. The van der Waals surface area contributed by atoms with E-state index in [1.807, 2.05) is 61.5 Å². The Balaban J connectivity index is 1.25.